The zero-order valence-electron chi connectivity index (χ0n) is 22.7. The zero-order valence-corrected chi connectivity index (χ0v) is 22.7. The normalized spacial score (nSPS) is 17.4. The van der Waals surface area contributed by atoms with Crippen molar-refractivity contribution in [1.29, 1.82) is 0 Å². The highest BCUT2D eigenvalue weighted by atomic mass is 19.2. The second-order valence-electron chi connectivity index (χ2n) is 9.66. The third kappa shape index (κ3) is 5.91. The van der Waals surface area contributed by atoms with Crippen LogP contribution in [0.3, 0.4) is 0 Å². The van der Waals surface area contributed by atoms with Crippen LogP contribution in [0.5, 0.6) is 5.75 Å². The Balaban J connectivity index is 1.46. The van der Waals surface area contributed by atoms with Crippen LogP contribution in [0.25, 0.3) is 0 Å². The number of hydrogen-bond donors (Lipinski definition) is 2. The van der Waals surface area contributed by atoms with Gasteiger partial charge >= 0.3 is 0 Å². The molecule has 2 fully saturated rings. The number of carbonyl (C=O) groups excluding carboxylic acids is 1. The number of rotatable bonds is 8. The van der Waals surface area contributed by atoms with Gasteiger partial charge in [0.2, 0.25) is 5.91 Å². The van der Waals surface area contributed by atoms with E-state index in [9.17, 15) is 18.0 Å². The number of hydroxylamine groups is 1. The molecule has 216 valence electrons. The second-order valence-corrected chi connectivity index (χ2v) is 9.66. The molecule has 0 saturated carbocycles. The fourth-order valence-corrected chi connectivity index (χ4v) is 4.91. The van der Waals surface area contributed by atoms with Crippen LogP contribution in [0.15, 0.2) is 49.3 Å². The molecule has 5 rings (SSSR count). The van der Waals surface area contributed by atoms with Gasteiger partial charge in [0.1, 0.15) is 23.7 Å². The minimum absolute atomic E-state index is 0.154. The molecule has 3 aromatic rings. The zero-order chi connectivity index (χ0) is 29.1. The summed E-state index contributed by atoms with van der Waals surface area (Å²) in [4.78, 5) is 30.8. The van der Waals surface area contributed by atoms with Crippen LogP contribution in [-0.4, -0.2) is 67.7 Å². The van der Waals surface area contributed by atoms with Crippen molar-refractivity contribution < 1.29 is 27.5 Å². The summed E-state index contributed by atoms with van der Waals surface area (Å²) in [5.74, 6) is -2.64. The maximum atomic E-state index is 14.6. The van der Waals surface area contributed by atoms with Crippen molar-refractivity contribution in [3.05, 3.63) is 72.3 Å². The average Bonchev–Trinajstić information content (AvgIpc) is 3.45. The lowest BCUT2D eigenvalue weighted by Gasteiger charge is -2.35. The summed E-state index contributed by atoms with van der Waals surface area (Å²) in [7, 11) is 3.59. The lowest BCUT2D eigenvalue weighted by atomic mass is 10.0. The van der Waals surface area contributed by atoms with Gasteiger partial charge in [-0.1, -0.05) is 6.58 Å². The van der Waals surface area contributed by atoms with Gasteiger partial charge in [0.05, 0.1) is 42.4 Å². The van der Waals surface area contributed by atoms with Gasteiger partial charge in [-0.05, 0) is 31.3 Å². The molecule has 2 aliphatic rings. The number of aromatic nitrogens is 2. The molecule has 1 atom stereocenters. The molecule has 2 aromatic carbocycles. The third-order valence-corrected chi connectivity index (χ3v) is 7.06. The van der Waals surface area contributed by atoms with E-state index in [1.165, 1.54) is 30.6 Å². The van der Waals surface area contributed by atoms with E-state index in [1.54, 1.807) is 6.07 Å². The third-order valence-electron chi connectivity index (χ3n) is 7.06. The summed E-state index contributed by atoms with van der Waals surface area (Å²) in [6, 6.07) is 5.80. The van der Waals surface area contributed by atoms with Crippen LogP contribution in [0.2, 0.25) is 0 Å². The molecule has 0 unspecified atom stereocenters. The predicted octanol–water partition coefficient (Wildman–Crippen LogP) is 4.41. The molecule has 1 aromatic heterocycles. The number of nitrogens with one attached hydrogen (secondary N) is 2. The highest BCUT2D eigenvalue weighted by molar-refractivity contribution is 6.02. The van der Waals surface area contributed by atoms with Crippen LogP contribution in [0.1, 0.15) is 18.0 Å². The molecule has 0 aliphatic carbocycles. The molecule has 2 aliphatic heterocycles. The highest BCUT2D eigenvalue weighted by Gasteiger charge is 2.34. The molecule has 2 N–H and O–H groups in total. The first-order valence-electron chi connectivity index (χ1n) is 13.0. The molecular formula is C28H30F3N7O3. The van der Waals surface area contributed by atoms with E-state index < -0.39 is 29.1 Å². The molecule has 0 spiro atoms. The monoisotopic (exact) mass is 569 g/mol. The fourth-order valence-electron chi connectivity index (χ4n) is 4.91. The maximum absolute atomic E-state index is 14.6. The van der Waals surface area contributed by atoms with E-state index in [2.05, 4.69) is 44.0 Å². The smallest absolute Gasteiger partial charge is 0.247 e. The first kappa shape index (κ1) is 28.2. The Bertz CT molecular complexity index is 1450. The molecule has 2 saturated heterocycles. The second kappa shape index (κ2) is 12.0. The number of benzene rings is 2. The lowest BCUT2D eigenvalue weighted by molar-refractivity contribution is -0.111. The van der Waals surface area contributed by atoms with E-state index in [4.69, 9.17) is 9.57 Å². The Morgan fingerprint density at radius 3 is 2.59 bits per heavy atom. The number of methoxy groups -OCH3 is 1. The molecule has 41 heavy (non-hydrogen) atoms. The van der Waals surface area contributed by atoms with Gasteiger partial charge in [-0.25, -0.2) is 28.2 Å². The molecule has 0 bridgehead atoms. The molecular weight excluding hydrogens is 539 g/mol. The standard InChI is InChI=1S/C28H30F3N7O3/c1-4-26(39)35-19-13-20(23(40-3)14-22(19)37-10-8-36(2)9-11-37)34-24-15-25(33-16-32-24)38-21(7-12-41-38)27-17(29)5-6-18(30)28(27)31/h4-6,13-16,21H,1,7-12H2,2-3H3,(H,35,39)(H,32,33,34)/t21-/m1/s1. The summed E-state index contributed by atoms with van der Waals surface area (Å²) in [5, 5.41) is 7.29. The van der Waals surface area contributed by atoms with Gasteiger partial charge < -0.3 is 25.2 Å². The number of halogens is 3. The van der Waals surface area contributed by atoms with Gasteiger partial charge in [-0.15, -0.1) is 0 Å². The van der Waals surface area contributed by atoms with Crippen LogP contribution in [0.4, 0.5) is 41.9 Å². The molecule has 13 heteroatoms. The van der Waals surface area contributed by atoms with E-state index in [1.807, 2.05) is 6.07 Å². The summed E-state index contributed by atoms with van der Waals surface area (Å²) >= 11 is 0. The number of hydrogen-bond acceptors (Lipinski definition) is 9. The van der Waals surface area contributed by atoms with E-state index >= 15 is 0 Å². The van der Waals surface area contributed by atoms with Gasteiger partial charge in [-0.3, -0.25) is 9.63 Å². The number of amides is 1. The van der Waals surface area contributed by atoms with Crippen molar-refractivity contribution in [2.45, 2.75) is 12.5 Å². The molecule has 0 radical (unpaired) electrons. The summed E-state index contributed by atoms with van der Waals surface area (Å²) in [6.45, 7) is 6.97. The number of carbonyl (C=O) groups is 1. The first-order valence-corrected chi connectivity index (χ1v) is 13.0. The first-order chi connectivity index (χ1) is 19.8. The Morgan fingerprint density at radius 2 is 1.85 bits per heavy atom. The number of ether oxygens (including phenoxy) is 1. The van der Waals surface area contributed by atoms with Gasteiger partial charge in [-0.2, -0.15) is 0 Å². The molecule has 1 amide bonds. The van der Waals surface area contributed by atoms with Crippen molar-refractivity contribution in [1.82, 2.24) is 14.9 Å². The van der Waals surface area contributed by atoms with Crippen molar-refractivity contribution in [2.24, 2.45) is 0 Å². The summed E-state index contributed by atoms with van der Waals surface area (Å²) in [5.41, 5.74) is 1.42. The predicted molar refractivity (Wildman–Crippen MR) is 149 cm³/mol. The van der Waals surface area contributed by atoms with Crippen LogP contribution >= 0.6 is 0 Å². The Hall–Kier alpha value is -4.36. The van der Waals surface area contributed by atoms with Gasteiger partial charge in [0.25, 0.3) is 0 Å². The largest absolute Gasteiger partial charge is 0.494 e. The van der Waals surface area contributed by atoms with Crippen LogP contribution in [-0.2, 0) is 9.63 Å². The molecule has 10 nitrogen and oxygen atoms in total. The van der Waals surface area contributed by atoms with Crippen molar-refractivity contribution in [3.8, 4) is 5.75 Å². The van der Waals surface area contributed by atoms with E-state index in [0.717, 1.165) is 44.0 Å². The summed E-state index contributed by atoms with van der Waals surface area (Å²) < 4.78 is 48.8. The van der Waals surface area contributed by atoms with Gasteiger partial charge in [0.15, 0.2) is 17.5 Å². The quantitative estimate of drug-likeness (QED) is 0.302. The lowest BCUT2D eigenvalue weighted by Crippen LogP contribution is -2.44. The van der Waals surface area contributed by atoms with Crippen molar-refractivity contribution in [3.63, 3.8) is 0 Å². The number of piperazine rings is 1. The number of likely N-dealkylation sites (N-methyl/N-ethyl adjacent to an activating group) is 1. The minimum Gasteiger partial charge on any atom is -0.494 e. The Kier molecular flexibility index (Phi) is 8.26. The highest BCUT2D eigenvalue weighted by Crippen LogP contribution is 2.40. The van der Waals surface area contributed by atoms with Crippen molar-refractivity contribution in [2.75, 3.05) is 67.5 Å². The number of anilines is 5. The van der Waals surface area contributed by atoms with Gasteiger partial charge in [0, 0.05) is 44.7 Å². The van der Waals surface area contributed by atoms with Crippen LogP contribution < -0.4 is 25.3 Å². The minimum atomic E-state index is -1.27. The topological polar surface area (TPSA) is 95.1 Å². The average molecular weight is 570 g/mol. The van der Waals surface area contributed by atoms with Crippen LogP contribution in [0, 0.1) is 17.5 Å². The number of nitrogens with zero attached hydrogens (tertiary/aromatic N) is 5. The fraction of sp³-hybridized carbons (Fsp3) is 0.321. The van der Waals surface area contributed by atoms with E-state index in [-0.39, 0.29) is 24.8 Å². The van der Waals surface area contributed by atoms with Crippen molar-refractivity contribution >= 4 is 34.6 Å². The molecule has 3 heterocycles. The maximum Gasteiger partial charge on any atom is 0.247 e. The van der Waals surface area contributed by atoms with E-state index in [0.29, 0.717) is 22.9 Å². The Labute approximate surface area is 235 Å². The summed E-state index contributed by atoms with van der Waals surface area (Å²) in [6.07, 6.45) is 2.68. The Morgan fingerprint density at radius 1 is 1.10 bits per heavy atom. The SMILES string of the molecule is C=CC(=O)Nc1cc(Nc2cc(N3OCC[C@@H]3c3c(F)ccc(F)c3F)ncn2)c(OC)cc1N1CCN(C)CC1.